The lowest BCUT2D eigenvalue weighted by Gasteiger charge is -2.47. The third-order valence-electron chi connectivity index (χ3n) is 4.43. The number of rotatable bonds is 5. The summed E-state index contributed by atoms with van der Waals surface area (Å²) in [6, 6.07) is 0. The Hall–Kier alpha value is 0.320. The average Bonchev–Trinajstić information content (AvgIpc) is 2.49. The number of thioether (sulfide) groups is 2. The minimum Gasteiger partial charge on any atom is -0.392 e. The lowest BCUT2D eigenvalue weighted by Crippen LogP contribution is -2.44. The minimum absolute atomic E-state index is 0.0337. The molecule has 5 heteroatoms. The molecule has 2 aliphatic rings. The van der Waals surface area contributed by atoms with Crippen molar-refractivity contribution in [3.05, 3.63) is 11.6 Å². The SMILES string of the molecule is CO[C@@H](C[C@@H]1CC[C@@H](C)C2(O1)SCCCS2)/C(C)=C\CO. The van der Waals surface area contributed by atoms with Gasteiger partial charge < -0.3 is 14.6 Å². The van der Waals surface area contributed by atoms with Crippen molar-refractivity contribution in [2.45, 2.75) is 56.0 Å². The van der Waals surface area contributed by atoms with E-state index in [2.05, 4.69) is 6.92 Å². The average molecular weight is 333 g/mol. The van der Waals surface area contributed by atoms with Crippen LogP contribution in [-0.2, 0) is 9.47 Å². The summed E-state index contributed by atoms with van der Waals surface area (Å²) in [6.07, 6.45) is 6.64. The van der Waals surface area contributed by atoms with Gasteiger partial charge in [-0.15, -0.1) is 23.5 Å². The van der Waals surface area contributed by atoms with Crippen LogP contribution in [0.15, 0.2) is 11.6 Å². The molecule has 2 rings (SSSR count). The Kier molecular flexibility index (Phi) is 6.94. The van der Waals surface area contributed by atoms with Crippen molar-refractivity contribution in [2.75, 3.05) is 25.2 Å². The van der Waals surface area contributed by atoms with E-state index in [1.165, 1.54) is 24.3 Å². The highest BCUT2D eigenvalue weighted by molar-refractivity contribution is 8.18. The number of hydrogen-bond donors (Lipinski definition) is 1. The second-order valence-corrected chi connectivity index (χ2v) is 8.83. The third-order valence-corrected chi connectivity index (χ3v) is 7.93. The Bertz CT molecular complexity index is 353. The van der Waals surface area contributed by atoms with Crippen LogP contribution in [0.5, 0.6) is 0 Å². The van der Waals surface area contributed by atoms with Crippen molar-refractivity contribution in [3.63, 3.8) is 0 Å². The summed E-state index contributed by atoms with van der Waals surface area (Å²) in [5.41, 5.74) is 1.10. The van der Waals surface area contributed by atoms with Gasteiger partial charge in [-0.3, -0.25) is 0 Å². The van der Waals surface area contributed by atoms with Crippen LogP contribution in [0.2, 0.25) is 0 Å². The minimum atomic E-state index is -0.0337. The largest absolute Gasteiger partial charge is 0.392 e. The van der Waals surface area contributed by atoms with Crippen LogP contribution in [0, 0.1) is 5.92 Å². The molecule has 1 N–H and O–H groups in total. The second-order valence-electron chi connectivity index (χ2n) is 5.96. The maximum absolute atomic E-state index is 9.05. The molecule has 1 spiro atoms. The Morgan fingerprint density at radius 3 is 2.76 bits per heavy atom. The summed E-state index contributed by atoms with van der Waals surface area (Å²) >= 11 is 3.99. The van der Waals surface area contributed by atoms with Gasteiger partial charge in [-0.2, -0.15) is 0 Å². The molecular weight excluding hydrogens is 304 g/mol. The zero-order valence-corrected chi connectivity index (χ0v) is 15.0. The Labute approximate surface area is 137 Å². The molecule has 2 fully saturated rings. The molecule has 2 aliphatic heterocycles. The highest BCUT2D eigenvalue weighted by Crippen LogP contribution is 2.53. The van der Waals surface area contributed by atoms with E-state index < -0.39 is 0 Å². The van der Waals surface area contributed by atoms with E-state index in [1.807, 2.05) is 36.5 Å². The zero-order chi connectivity index (χ0) is 15.3. The molecule has 0 radical (unpaired) electrons. The Balaban J connectivity index is 1.99. The van der Waals surface area contributed by atoms with Gasteiger partial charge in [-0.25, -0.2) is 0 Å². The molecule has 3 nitrogen and oxygen atoms in total. The van der Waals surface area contributed by atoms with E-state index in [4.69, 9.17) is 14.6 Å². The van der Waals surface area contributed by atoms with Crippen LogP contribution in [0.3, 0.4) is 0 Å². The normalized spacial score (nSPS) is 31.3. The first-order valence-corrected chi connectivity index (χ1v) is 9.84. The second kappa shape index (κ2) is 8.25. The molecule has 0 aromatic rings. The van der Waals surface area contributed by atoms with E-state index in [0.717, 1.165) is 18.4 Å². The van der Waals surface area contributed by atoms with Crippen LogP contribution in [0.1, 0.15) is 39.5 Å². The van der Waals surface area contributed by atoms with Crippen LogP contribution < -0.4 is 0 Å². The maximum atomic E-state index is 9.05. The van der Waals surface area contributed by atoms with Gasteiger partial charge in [0.2, 0.25) is 0 Å². The smallest absolute Gasteiger partial charge is 0.163 e. The van der Waals surface area contributed by atoms with Gasteiger partial charge in [0.05, 0.1) is 18.8 Å². The van der Waals surface area contributed by atoms with Crippen molar-refractivity contribution in [2.24, 2.45) is 5.92 Å². The first-order chi connectivity index (χ1) is 10.1. The summed E-state index contributed by atoms with van der Waals surface area (Å²) in [6.45, 7) is 4.42. The number of aliphatic hydroxyl groups excluding tert-OH is 1. The molecule has 2 heterocycles. The van der Waals surface area contributed by atoms with Crippen LogP contribution in [0.25, 0.3) is 0 Å². The molecule has 0 unspecified atom stereocenters. The lowest BCUT2D eigenvalue weighted by atomic mass is 9.94. The zero-order valence-electron chi connectivity index (χ0n) is 13.3. The van der Waals surface area contributed by atoms with Crippen molar-refractivity contribution in [3.8, 4) is 0 Å². The molecule has 3 atom stereocenters. The molecule has 2 saturated heterocycles. The van der Waals surface area contributed by atoms with E-state index in [-0.39, 0.29) is 23.1 Å². The fraction of sp³-hybridized carbons (Fsp3) is 0.875. The van der Waals surface area contributed by atoms with Crippen molar-refractivity contribution in [1.29, 1.82) is 0 Å². The van der Waals surface area contributed by atoms with Gasteiger partial charge in [0.25, 0.3) is 0 Å². The summed E-state index contributed by atoms with van der Waals surface area (Å²) in [5, 5.41) is 9.05. The highest BCUT2D eigenvalue weighted by Gasteiger charge is 2.45. The molecule has 21 heavy (non-hydrogen) atoms. The first-order valence-electron chi connectivity index (χ1n) is 7.87. The van der Waals surface area contributed by atoms with Gasteiger partial charge in [0.15, 0.2) is 4.27 Å². The van der Waals surface area contributed by atoms with Crippen molar-refractivity contribution in [1.82, 2.24) is 0 Å². The van der Waals surface area contributed by atoms with Gasteiger partial charge in [-0.1, -0.05) is 13.0 Å². The highest BCUT2D eigenvalue weighted by atomic mass is 32.2. The number of hydrogen-bond acceptors (Lipinski definition) is 5. The summed E-state index contributed by atoms with van der Waals surface area (Å²) in [4.78, 5) is 0. The van der Waals surface area contributed by atoms with Gasteiger partial charge >= 0.3 is 0 Å². The van der Waals surface area contributed by atoms with Gasteiger partial charge in [0.1, 0.15) is 0 Å². The summed E-state index contributed by atoms with van der Waals surface area (Å²) in [5.74, 6) is 3.03. The molecule has 0 aliphatic carbocycles. The third kappa shape index (κ3) is 4.41. The van der Waals surface area contributed by atoms with Crippen molar-refractivity contribution < 1.29 is 14.6 Å². The van der Waals surface area contributed by atoms with E-state index in [9.17, 15) is 0 Å². The topological polar surface area (TPSA) is 38.7 Å². The summed E-state index contributed by atoms with van der Waals surface area (Å²) < 4.78 is 12.1. The molecule has 0 saturated carbocycles. The molecule has 0 bridgehead atoms. The van der Waals surface area contributed by atoms with E-state index in [1.54, 1.807) is 7.11 Å². The van der Waals surface area contributed by atoms with Gasteiger partial charge in [-0.05, 0) is 43.3 Å². The fourth-order valence-corrected chi connectivity index (χ4v) is 6.43. The molecule has 0 aromatic heterocycles. The summed E-state index contributed by atoms with van der Waals surface area (Å²) in [7, 11) is 1.74. The standard InChI is InChI=1S/C16H28O3S2/c1-12(7-8-17)15(18-3)11-14-6-5-13(2)16(19-14)20-9-4-10-21-16/h7,13-15,17H,4-6,8-11H2,1-3H3/b12-7-/t13-,14+,15+/m1/s1. The molecule has 0 aromatic carbocycles. The number of aliphatic hydroxyl groups is 1. The molecule has 0 amide bonds. The Morgan fingerprint density at radius 1 is 1.43 bits per heavy atom. The molecular formula is C16H28O3S2. The fourth-order valence-electron chi connectivity index (χ4n) is 3.05. The van der Waals surface area contributed by atoms with E-state index >= 15 is 0 Å². The number of methoxy groups -OCH3 is 1. The van der Waals surface area contributed by atoms with Gasteiger partial charge in [0, 0.05) is 19.4 Å². The lowest BCUT2D eigenvalue weighted by molar-refractivity contribution is -0.0706. The van der Waals surface area contributed by atoms with E-state index in [0.29, 0.717) is 5.92 Å². The van der Waals surface area contributed by atoms with Crippen molar-refractivity contribution >= 4 is 23.5 Å². The monoisotopic (exact) mass is 332 g/mol. The van der Waals surface area contributed by atoms with Crippen LogP contribution in [-0.4, -0.2) is 46.8 Å². The predicted octanol–water partition coefficient (Wildman–Crippen LogP) is 3.67. The Morgan fingerprint density at radius 2 is 2.14 bits per heavy atom. The number of ether oxygens (including phenoxy) is 2. The van der Waals surface area contributed by atoms with Crippen LogP contribution in [0.4, 0.5) is 0 Å². The molecule has 122 valence electrons. The quantitative estimate of drug-likeness (QED) is 0.778. The maximum Gasteiger partial charge on any atom is 0.163 e. The first kappa shape index (κ1) is 17.7. The predicted molar refractivity (Wildman–Crippen MR) is 91.8 cm³/mol. The van der Waals surface area contributed by atoms with Crippen LogP contribution >= 0.6 is 23.5 Å².